The molecule has 2 amide bonds. The van der Waals surface area contributed by atoms with Gasteiger partial charge in [0.25, 0.3) is 0 Å². The van der Waals surface area contributed by atoms with Crippen molar-refractivity contribution in [2.24, 2.45) is 5.10 Å². The summed E-state index contributed by atoms with van der Waals surface area (Å²) in [5.41, 5.74) is 3.24. The van der Waals surface area contributed by atoms with Crippen molar-refractivity contribution in [3.63, 3.8) is 0 Å². The van der Waals surface area contributed by atoms with Crippen molar-refractivity contribution < 1.29 is 14.0 Å². The number of hydrogen-bond acceptors (Lipinski definition) is 3. The Kier molecular flexibility index (Phi) is 4.80. The molecule has 25 heavy (non-hydrogen) atoms. The highest BCUT2D eigenvalue weighted by Gasteiger charge is 2.12. The standard InChI is InChI=1S/C19H14FN3O2/c20-16-8-5-13(6-9-16)12-21-23-19(25)18(24)22-17-10-7-14-3-1-2-4-15(14)11-17/h1-12H,(H,22,24)(H,23,25)/b21-12-. The van der Waals surface area contributed by atoms with Gasteiger partial charge in [0.1, 0.15) is 5.82 Å². The van der Waals surface area contributed by atoms with E-state index in [4.69, 9.17) is 0 Å². The second-order valence-electron chi connectivity index (χ2n) is 5.27. The molecule has 0 saturated heterocycles. The van der Waals surface area contributed by atoms with Crippen molar-refractivity contribution in [1.82, 2.24) is 5.43 Å². The minimum absolute atomic E-state index is 0.365. The van der Waals surface area contributed by atoms with Gasteiger partial charge >= 0.3 is 11.8 Å². The van der Waals surface area contributed by atoms with Crippen LogP contribution in [0.1, 0.15) is 5.56 Å². The number of carbonyl (C=O) groups excluding carboxylic acids is 2. The molecule has 2 N–H and O–H groups in total. The molecule has 0 aliphatic heterocycles. The molecule has 0 atom stereocenters. The summed E-state index contributed by atoms with van der Waals surface area (Å²) in [6.07, 6.45) is 1.32. The SMILES string of the molecule is O=C(N/N=C\c1ccc(F)cc1)C(=O)Nc1ccc2ccccc2c1. The van der Waals surface area contributed by atoms with Crippen LogP contribution in [0.4, 0.5) is 10.1 Å². The molecule has 0 spiro atoms. The van der Waals surface area contributed by atoms with Crippen LogP contribution in [0.2, 0.25) is 0 Å². The topological polar surface area (TPSA) is 70.6 Å². The summed E-state index contributed by atoms with van der Waals surface area (Å²) in [6.45, 7) is 0. The smallest absolute Gasteiger partial charge is 0.318 e. The fourth-order valence-corrected chi connectivity index (χ4v) is 2.22. The van der Waals surface area contributed by atoms with E-state index in [9.17, 15) is 14.0 Å². The predicted molar refractivity (Wildman–Crippen MR) is 94.7 cm³/mol. The number of rotatable bonds is 3. The van der Waals surface area contributed by atoms with Crippen LogP contribution in [0.3, 0.4) is 0 Å². The number of benzene rings is 3. The zero-order chi connectivity index (χ0) is 17.6. The second kappa shape index (κ2) is 7.35. The summed E-state index contributed by atoms with van der Waals surface area (Å²) in [6, 6.07) is 18.6. The highest BCUT2D eigenvalue weighted by molar-refractivity contribution is 6.39. The maximum absolute atomic E-state index is 12.8. The van der Waals surface area contributed by atoms with Crippen LogP contribution in [0.25, 0.3) is 10.8 Å². The first-order valence-corrected chi connectivity index (χ1v) is 7.50. The Morgan fingerprint density at radius 1 is 0.880 bits per heavy atom. The van der Waals surface area contributed by atoms with Crippen LogP contribution >= 0.6 is 0 Å². The third-order valence-corrected chi connectivity index (χ3v) is 3.46. The van der Waals surface area contributed by atoms with E-state index in [0.29, 0.717) is 11.3 Å². The first-order chi connectivity index (χ1) is 12.1. The summed E-state index contributed by atoms with van der Waals surface area (Å²) >= 11 is 0. The molecule has 0 saturated carbocycles. The Balaban J connectivity index is 1.59. The number of nitrogens with one attached hydrogen (secondary N) is 2. The molecular weight excluding hydrogens is 321 g/mol. The van der Waals surface area contributed by atoms with Gasteiger partial charge < -0.3 is 5.32 Å². The highest BCUT2D eigenvalue weighted by atomic mass is 19.1. The predicted octanol–water partition coefficient (Wildman–Crippen LogP) is 3.07. The maximum atomic E-state index is 12.8. The van der Waals surface area contributed by atoms with Gasteiger partial charge in [0.15, 0.2) is 0 Å². The molecule has 0 aliphatic rings. The number of carbonyl (C=O) groups is 2. The monoisotopic (exact) mass is 335 g/mol. The molecule has 5 nitrogen and oxygen atoms in total. The lowest BCUT2D eigenvalue weighted by Crippen LogP contribution is -2.32. The molecule has 0 fully saturated rings. The first kappa shape index (κ1) is 16.3. The summed E-state index contributed by atoms with van der Waals surface area (Å²) in [4.78, 5) is 23.6. The highest BCUT2D eigenvalue weighted by Crippen LogP contribution is 2.18. The number of hydrazone groups is 1. The van der Waals surface area contributed by atoms with Gasteiger partial charge in [-0.25, -0.2) is 9.82 Å². The Bertz CT molecular complexity index is 952. The summed E-state index contributed by atoms with van der Waals surface area (Å²) in [5, 5.41) is 8.18. The lowest BCUT2D eigenvalue weighted by atomic mass is 10.1. The van der Waals surface area contributed by atoms with Gasteiger partial charge in [-0.1, -0.05) is 42.5 Å². The molecule has 6 heteroatoms. The van der Waals surface area contributed by atoms with Gasteiger partial charge in [0.2, 0.25) is 0 Å². The van der Waals surface area contributed by atoms with Crippen LogP contribution in [-0.2, 0) is 9.59 Å². The van der Waals surface area contributed by atoms with Gasteiger partial charge in [0.05, 0.1) is 6.21 Å². The van der Waals surface area contributed by atoms with E-state index in [0.717, 1.165) is 10.8 Å². The van der Waals surface area contributed by atoms with Gasteiger partial charge in [-0.3, -0.25) is 9.59 Å². The third kappa shape index (κ3) is 4.26. The molecule has 0 bridgehead atoms. The quantitative estimate of drug-likeness (QED) is 0.439. The fourth-order valence-electron chi connectivity index (χ4n) is 2.22. The van der Waals surface area contributed by atoms with Crippen molar-refractivity contribution in [3.8, 4) is 0 Å². The lowest BCUT2D eigenvalue weighted by molar-refractivity contribution is -0.136. The average molecular weight is 335 g/mol. The van der Waals surface area contributed by atoms with E-state index in [1.54, 1.807) is 12.1 Å². The minimum atomic E-state index is -0.897. The Labute approximate surface area is 143 Å². The Morgan fingerprint density at radius 3 is 2.36 bits per heavy atom. The van der Waals surface area contributed by atoms with Gasteiger partial charge in [-0.05, 0) is 40.6 Å². The van der Waals surface area contributed by atoms with Crippen molar-refractivity contribution in [3.05, 3.63) is 78.1 Å². The number of nitrogens with zero attached hydrogens (tertiary/aromatic N) is 1. The van der Waals surface area contributed by atoms with Crippen LogP contribution < -0.4 is 10.7 Å². The van der Waals surface area contributed by atoms with E-state index >= 15 is 0 Å². The van der Waals surface area contributed by atoms with Crippen molar-refractivity contribution in [2.45, 2.75) is 0 Å². The molecule has 124 valence electrons. The van der Waals surface area contributed by atoms with Gasteiger partial charge in [-0.2, -0.15) is 5.10 Å². The number of anilines is 1. The van der Waals surface area contributed by atoms with Crippen LogP contribution in [0, 0.1) is 5.82 Å². The minimum Gasteiger partial charge on any atom is -0.318 e. The summed E-state index contributed by atoms with van der Waals surface area (Å²) < 4.78 is 12.8. The molecular formula is C19H14FN3O2. The maximum Gasteiger partial charge on any atom is 0.329 e. The Morgan fingerprint density at radius 2 is 1.60 bits per heavy atom. The molecule has 0 unspecified atom stereocenters. The number of amides is 2. The Hall–Kier alpha value is -3.54. The van der Waals surface area contributed by atoms with E-state index in [1.165, 1.54) is 30.5 Å². The van der Waals surface area contributed by atoms with Gasteiger partial charge in [-0.15, -0.1) is 0 Å². The lowest BCUT2D eigenvalue weighted by Gasteiger charge is -2.05. The number of hydrogen-bond donors (Lipinski definition) is 2. The van der Waals surface area contributed by atoms with Crippen molar-refractivity contribution in [1.29, 1.82) is 0 Å². The molecule has 0 radical (unpaired) electrons. The normalized spacial score (nSPS) is 10.8. The zero-order valence-corrected chi connectivity index (χ0v) is 13.1. The summed E-state index contributed by atoms with van der Waals surface area (Å²) in [5.74, 6) is -2.09. The van der Waals surface area contributed by atoms with E-state index in [-0.39, 0.29) is 5.82 Å². The van der Waals surface area contributed by atoms with E-state index in [2.05, 4.69) is 15.8 Å². The largest absolute Gasteiger partial charge is 0.329 e. The number of halogens is 1. The van der Waals surface area contributed by atoms with Crippen LogP contribution in [0.5, 0.6) is 0 Å². The van der Waals surface area contributed by atoms with Gasteiger partial charge in [0, 0.05) is 5.69 Å². The number of fused-ring (bicyclic) bond motifs is 1. The van der Waals surface area contributed by atoms with E-state index in [1.807, 2.05) is 30.3 Å². The van der Waals surface area contributed by atoms with Crippen LogP contribution in [-0.4, -0.2) is 18.0 Å². The van der Waals surface area contributed by atoms with Crippen molar-refractivity contribution in [2.75, 3.05) is 5.32 Å². The molecule has 3 aromatic carbocycles. The fraction of sp³-hybridized carbons (Fsp3) is 0. The average Bonchev–Trinajstić information content (AvgIpc) is 2.63. The third-order valence-electron chi connectivity index (χ3n) is 3.46. The molecule has 3 aromatic rings. The van der Waals surface area contributed by atoms with Crippen LogP contribution in [0.15, 0.2) is 71.8 Å². The first-order valence-electron chi connectivity index (χ1n) is 7.50. The zero-order valence-electron chi connectivity index (χ0n) is 13.1. The van der Waals surface area contributed by atoms with Crippen molar-refractivity contribution >= 4 is 34.5 Å². The molecule has 0 aromatic heterocycles. The van der Waals surface area contributed by atoms with E-state index < -0.39 is 11.8 Å². The summed E-state index contributed by atoms with van der Waals surface area (Å²) in [7, 11) is 0. The molecule has 0 aliphatic carbocycles. The molecule has 3 rings (SSSR count). The molecule has 0 heterocycles. The second-order valence-corrected chi connectivity index (χ2v) is 5.27.